The van der Waals surface area contributed by atoms with Gasteiger partial charge in [-0.05, 0) is 24.1 Å². The second kappa shape index (κ2) is 4.19. The van der Waals surface area contributed by atoms with E-state index in [1.807, 2.05) is 36.4 Å². The van der Waals surface area contributed by atoms with E-state index in [4.69, 9.17) is 0 Å². The topological polar surface area (TPSA) is 32.3 Å². The van der Waals surface area contributed by atoms with Crippen molar-refractivity contribution in [1.82, 2.24) is 4.31 Å². The Hall–Kier alpha value is -1.42. The summed E-state index contributed by atoms with van der Waals surface area (Å²) in [5.41, 5.74) is 0.818. The molecule has 14 heavy (non-hydrogen) atoms. The predicted molar refractivity (Wildman–Crippen MR) is 58.9 cm³/mol. The highest BCUT2D eigenvalue weighted by Crippen LogP contribution is 2.19. The summed E-state index contributed by atoms with van der Waals surface area (Å²) in [6.45, 7) is 0. The van der Waals surface area contributed by atoms with Gasteiger partial charge in [0.05, 0.1) is 0 Å². The molecule has 1 N–H and O–H groups in total. The molecular weight excluding hydrogens is 196 g/mol. The van der Waals surface area contributed by atoms with Crippen molar-refractivity contribution in [3.63, 3.8) is 0 Å². The molecule has 3 nitrogen and oxygen atoms in total. The summed E-state index contributed by atoms with van der Waals surface area (Å²) in [7, 11) is 0. The molecule has 2 amide bonds. The first-order chi connectivity index (χ1) is 6.86. The minimum Gasteiger partial charge on any atom is -0.307 e. The number of anilines is 1. The van der Waals surface area contributed by atoms with Crippen LogP contribution in [0.5, 0.6) is 0 Å². The molecular formula is C10H10N2OS. The molecule has 0 atom stereocenters. The van der Waals surface area contributed by atoms with E-state index in [0.29, 0.717) is 0 Å². The number of rotatable bonds is 1. The van der Waals surface area contributed by atoms with Gasteiger partial charge in [-0.1, -0.05) is 24.3 Å². The van der Waals surface area contributed by atoms with Gasteiger partial charge in [0, 0.05) is 17.6 Å². The molecule has 0 spiro atoms. The first-order valence-electron chi connectivity index (χ1n) is 4.31. The lowest BCUT2D eigenvalue weighted by atomic mass is 10.3. The lowest BCUT2D eigenvalue weighted by Crippen LogP contribution is -2.23. The van der Waals surface area contributed by atoms with E-state index in [1.165, 1.54) is 11.9 Å². The Labute approximate surface area is 86.9 Å². The van der Waals surface area contributed by atoms with Crippen molar-refractivity contribution >= 4 is 23.7 Å². The maximum atomic E-state index is 11.6. The molecule has 0 bridgehead atoms. The van der Waals surface area contributed by atoms with Crippen LogP contribution in [0, 0.1) is 0 Å². The largest absolute Gasteiger partial charge is 0.336 e. The van der Waals surface area contributed by atoms with Crippen LogP contribution in [0.3, 0.4) is 0 Å². The third-order valence-electron chi connectivity index (χ3n) is 1.78. The molecule has 0 aromatic heterocycles. The fraction of sp³-hybridized carbons (Fsp3) is 0.100. The molecule has 0 aliphatic carbocycles. The minimum absolute atomic E-state index is 0.102. The number of carbonyl (C=O) groups excluding carboxylic acids is 1. The molecule has 4 heteroatoms. The second-order valence-electron chi connectivity index (χ2n) is 2.80. The van der Waals surface area contributed by atoms with Crippen LogP contribution in [0.2, 0.25) is 0 Å². The van der Waals surface area contributed by atoms with Crippen molar-refractivity contribution in [2.24, 2.45) is 0 Å². The number of nitrogens with one attached hydrogen (secondary N) is 1. The highest BCUT2D eigenvalue weighted by atomic mass is 32.2. The minimum atomic E-state index is -0.102. The van der Waals surface area contributed by atoms with E-state index < -0.39 is 0 Å². The Bertz CT molecular complexity index is 350. The van der Waals surface area contributed by atoms with E-state index in [2.05, 4.69) is 5.32 Å². The second-order valence-corrected chi connectivity index (χ2v) is 3.79. The van der Waals surface area contributed by atoms with Crippen molar-refractivity contribution in [3.8, 4) is 0 Å². The van der Waals surface area contributed by atoms with E-state index >= 15 is 0 Å². The fourth-order valence-electron chi connectivity index (χ4n) is 1.13. The molecule has 0 saturated carbocycles. The van der Waals surface area contributed by atoms with Crippen LogP contribution in [0.4, 0.5) is 10.5 Å². The third-order valence-corrected chi connectivity index (χ3v) is 2.68. The van der Waals surface area contributed by atoms with Gasteiger partial charge < -0.3 is 5.32 Å². The lowest BCUT2D eigenvalue weighted by Gasteiger charge is -2.12. The van der Waals surface area contributed by atoms with Gasteiger partial charge in [0.1, 0.15) is 0 Å². The summed E-state index contributed by atoms with van der Waals surface area (Å²) >= 11 is 1.48. The summed E-state index contributed by atoms with van der Waals surface area (Å²) < 4.78 is 1.59. The third kappa shape index (κ3) is 2.09. The average molecular weight is 206 g/mol. The number of hydrogen-bond donors (Lipinski definition) is 1. The van der Waals surface area contributed by atoms with Gasteiger partial charge in [-0.15, -0.1) is 0 Å². The predicted octanol–water partition coefficient (Wildman–Crippen LogP) is 2.70. The molecule has 0 unspecified atom stereocenters. The van der Waals surface area contributed by atoms with Gasteiger partial charge >= 0.3 is 6.03 Å². The molecule has 1 aromatic carbocycles. The van der Waals surface area contributed by atoms with Crippen molar-refractivity contribution in [3.05, 3.63) is 42.6 Å². The molecule has 0 radical (unpaired) electrons. The van der Waals surface area contributed by atoms with E-state index in [1.54, 1.807) is 10.5 Å². The smallest absolute Gasteiger partial charge is 0.307 e. The quantitative estimate of drug-likeness (QED) is 0.716. The first kappa shape index (κ1) is 9.15. The Morgan fingerprint density at radius 3 is 2.79 bits per heavy atom. The zero-order valence-electron chi connectivity index (χ0n) is 7.51. The van der Waals surface area contributed by atoms with Gasteiger partial charge in [0.2, 0.25) is 0 Å². The number of amides is 2. The fourth-order valence-corrected chi connectivity index (χ4v) is 1.80. The lowest BCUT2D eigenvalue weighted by molar-refractivity contribution is 0.245. The van der Waals surface area contributed by atoms with Crippen LogP contribution in [-0.2, 0) is 0 Å². The zero-order chi connectivity index (χ0) is 9.80. The monoisotopic (exact) mass is 206 g/mol. The number of hydrogen-bond acceptors (Lipinski definition) is 2. The van der Waals surface area contributed by atoms with Crippen molar-refractivity contribution in [1.29, 1.82) is 0 Å². The van der Waals surface area contributed by atoms with Gasteiger partial charge in [0.15, 0.2) is 0 Å². The van der Waals surface area contributed by atoms with Gasteiger partial charge in [-0.3, -0.25) is 0 Å². The standard InChI is InChI=1S/C10H10N2OS/c13-10(12-7-4-8-14-12)11-9-5-2-1-3-6-9/h1-7H,8H2,(H,11,13). The summed E-state index contributed by atoms with van der Waals surface area (Å²) in [5.74, 6) is 0.863. The summed E-state index contributed by atoms with van der Waals surface area (Å²) in [6.07, 6.45) is 3.73. The molecule has 2 rings (SSSR count). The number of urea groups is 1. The highest BCUT2D eigenvalue weighted by Gasteiger charge is 2.13. The van der Waals surface area contributed by atoms with Crippen molar-refractivity contribution in [2.45, 2.75) is 0 Å². The van der Waals surface area contributed by atoms with E-state index in [9.17, 15) is 4.79 Å². The Morgan fingerprint density at radius 1 is 1.36 bits per heavy atom. The Kier molecular flexibility index (Phi) is 2.74. The number of para-hydroxylation sites is 1. The van der Waals surface area contributed by atoms with E-state index in [0.717, 1.165) is 11.4 Å². The number of carbonyl (C=O) groups is 1. The maximum absolute atomic E-state index is 11.6. The zero-order valence-corrected chi connectivity index (χ0v) is 8.33. The summed E-state index contributed by atoms with van der Waals surface area (Å²) in [6, 6.07) is 9.32. The SMILES string of the molecule is O=C(Nc1ccccc1)N1C=CCS1. The Balaban J connectivity index is 1.98. The summed E-state index contributed by atoms with van der Waals surface area (Å²) in [5, 5.41) is 2.80. The van der Waals surface area contributed by atoms with Gasteiger partial charge in [0.25, 0.3) is 0 Å². The van der Waals surface area contributed by atoms with Gasteiger partial charge in [-0.2, -0.15) is 0 Å². The molecule has 72 valence electrons. The van der Waals surface area contributed by atoms with Crippen LogP contribution >= 0.6 is 11.9 Å². The van der Waals surface area contributed by atoms with Crippen LogP contribution in [0.15, 0.2) is 42.6 Å². The van der Waals surface area contributed by atoms with Crippen molar-refractivity contribution in [2.75, 3.05) is 11.1 Å². The van der Waals surface area contributed by atoms with E-state index in [-0.39, 0.29) is 6.03 Å². The molecule has 0 saturated heterocycles. The molecule has 1 aromatic rings. The van der Waals surface area contributed by atoms with Crippen LogP contribution in [0.1, 0.15) is 0 Å². The normalized spacial score (nSPS) is 14.4. The van der Waals surface area contributed by atoms with Crippen molar-refractivity contribution < 1.29 is 4.79 Å². The number of nitrogens with zero attached hydrogens (tertiary/aromatic N) is 1. The maximum Gasteiger partial charge on any atom is 0.336 e. The molecule has 1 aliphatic heterocycles. The highest BCUT2D eigenvalue weighted by molar-refractivity contribution is 7.98. The number of benzene rings is 1. The summed E-state index contributed by atoms with van der Waals surface area (Å²) in [4.78, 5) is 11.6. The van der Waals surface area contributed by atoms with Crippen LogP contribution in [0.25, 0.3) is 0 Å². The molecule has 1 aliphatic rings. The molecule has 0 fully saturated rings. The van der Waals surface area contributed by atoms with Crippen LogP contribution < -0.4 is 5.32 Å². The molecule has 1 heterocycles. The van der Waals surface area contributed by atoms with Gasteiger partial charge in [-0.25, -0.2) is 9.10 Å². The Morgan fingerprint density at radius 2 is 2.14 bits per heavy atom. The average Bonchev–Trinajstić information content (AvgIpc) is 2.72. The van der Waals surface area contributed by atoms with Crippen LogP contribution in [-0.4, -0.2) is 16.1 Å². The first-order valence-corrected chi connectivity index (χ1v) is 5.25.